The number of hydrogen-bond donors (Lipinski definition) is 0. The van der Waals surface area contributed by atoms with Gasteiger partial charge in [0, 0.05) is 6.42 Å². The molecule has 1 atom stereocenters. The Bertz CT molecular complexity index is 613. The predicted molar refractivity (Wildman–Crippen MR) is 141 cm³/mol. The first kappa shape index (κ1) is 30.2. The van der Waals surface area contributed by atoms with Gasteiger partial charge in [0.15, 0.2) is 6.10 Å². The molecule has 4 nitrogen and oxygen atoms in total. The van der Waals surface area contributed by atoms with Gasteiger partial charge in [-0.25, -0.2) is 4.79 Å². The minimum absolute atomic E-state index is 0.303. The van der Waals surface area contributed by atoms with Crippen molar-refractivity contribution in [3.8, 4) is 5.75 Å². The Morgan fingerprint density at radius 2 is 1.12 bits per heavy atom. The summed E-state index contributed by atoms with van der Waals surface area (Å²) >= 11 is 0. The topological polar surface area (TPSA) is 52.6 Å². The number of unbranched alkanes of at least 4 members (excludes halogenated alkanes) is 15. The van der Waals surface area contributed by atoms with Crippen LogP contribution in [-0.4, -0.2) is 18.0 Å². The molecule has 0 amide bonds. The van der Waals surface area contributed by atoms with Crippen molar-refractivity contribution in [1.82, 2.24) is 0 Å². The van der Waals surface area contributed by atoms with E-state index in [2.05, 4.69) is 13.8 Å². The third-order valence-electron chi connectivity index (χ3n) is 6.30. The molecular weight excluding hydrogens is 424 g/mol. The van der Waals surface area contributed by atoms with Crippen molar-refractivity contribution in [3.05, 3.63) is 30.3 Å². The number of ether oxygens (including phenoxy) is 2. The van der Waals surface area contributed by atoms with Crippen LogP contribution in [0.25, 0.3) is 0 Å². The Morgan fingerprint density at radius 3 is 1.65 bits per heavy atom. The Morgan fingerprint density at radius 1 is 0.647 bits per heavy atom. The van der Waals surface area contributed by atoms with Gasteiger partial charge in [-0.05, 0) is 31.4 Å². The summed E-state index contributed by atoms with van der Waals surface area (Å²) in [6.45, 7) is 4.46. The summed E-state index contributed by atoms with van der Waals surface area (Å²) < 4.78 is 11.1. The highest BCUT2D eigenvalue weighted by atomic mass is 16.6. The van der Waals surface area contributed by atoms with Crippen molar-refractivity contribution in [3.63, 3.8) is 0 Å². The highest BCUT2D eigenvalue weighted by Gasteiger charge is 2.24. The van der Waals surface area contributed by atoms with Crippen molar-refractivity contribution >= 4 is 11.9 Å². The molecule has 194 valence electrons. The van der Waals surface area contributed by atoms with Crippen LogP contribution in [0.15, 0.2) is 30.3 Å². The monoisotopic (exact) mass is 474 g/mol. The number of benzene rings is 1. The van der Waals surface area contributed by atoms with Crippen LogP contribution in [0, 0.1) is 0 Å². The molecule has 0 radical (unpaired) electrons. The average molecular weight is 475 g/mol. The molecule has 0 aliphatic rings. The first-order valence-corrected chi connectivity index (χ1v) is 14.1. The van der Waals surface area contributed by atoms with Crippen molar-refractivity contribution in [2.24, 2.45) is 0 Å². The standard InChI is InChI=1S/C30H50O4/c1-3-5-7-9-11-13-15-17-22-26-29(31)34-30(32)28(33-27-23-19-18-20-24-27)25-21-16-14-12-10-8-6-4-2/h18-20,23-24,28H,3-17,21-22,25-26H2,1-2H3. The van der Waals surface area contributed by atoms with Crippen LogP contribution in [0.3, 0.4) is 0 Å². The summed E-state index contributed by atoms with van der Waals surface area (Å²) in [5, 5.41) is 0. The Kier molecular flexibility index (Phi) is 19.2. The number of esters is 2. The summed E-state index contributed by atoms with van der Waals surface area (Å²) in [4.78, 5) is 24.9. The molecule has 1 rings (SSSR count). The zero-order valence-electron chi connectivity index (χ0n) is 22.0. The number of carbonyl (C=O) groups is 2. The molecule has 1 aromatic rings. The van der Waals surface area contributed by atoms with Crippen molar-refractivity contribution < 1.29 is 19.1 Å². The molecule has 34 heavy (non-hydrogen) atoms. The maximum Gasteiger partial charge on any atom is 0.354 e. The van der Waals surface area contributed by atoms with Crippen LogP contribution in [0.2, 0.25) is 0 Å². The van der Waals surface area contributed by atoms with E-state index < -0.39 is 18.0 Å². The van der Waals surface area contributed by atoms with Gasteiger partial charge in [0.2, 0.25) is 0 Å². The molecule has 0 fully saturated rings. The second-order valence-corrected chi connectivity index (χ2v) is 9.55. The number of para-hydroxylation sites is 1. The van der Waals surface area contributed by atoms with Gasteiger partial charge in [0.25, 0.3) is 0 Å². The van der Waals surface area contributed by atoms with E-state index in [0.717, 1.165) is 32.1 Å². The second-order valence-electron chi connectivity index (χ2n) is 9.55. The van der Waals surface area contributed by atoms with E-state index in [1.807, 2.05) is 30.3 Å². The zero-order chi connectivity index (χ0) is 24.7. The molecule has 0 heterocycles. The first-order valence-electron chi connectivity index (χ1n) is 14.1. The van der Waals surface area contributed by atoms with E-state index in [1.54, 1.807) is 0 Å². The van der Waals surface area contributed by atoms with Gasteiger partial charge in [0.05, 0.1) is 0 Å². The minimum atomic E-state index is -0.727. The lowest BCUT2D eigenvalue weighted by Gasteiger charge is -2.17. The van der Waals surface area contributed by atoms with Gasteiger partial charge in [-0.3, -0.25) is 4.79 Å². The maximum atomic E-state index is 12.7. The quantitative estimate of drug-likeness (QED) is 0.0956. The fourth-order valence-electron chi connectivity index (χ4n) is 4.16. The van der Waals surface area contributed by atoms with Crippen LogP contribution in [0.4, 0.5) is 0 Å². The third-order valence-corrected chi connectivity index (χ3v) is 6.30. The smallest absolute Gasteiger partial charge is 0.354 e. The van der Waals surface area contributed by atoms with E-state index in [0.29, 0.717) is 18.6 Å². The molecule has 1 unspecified atom stereocenters. The first-order chi connectivity index (χ1) is 16.7. The summed E-state index contributed by atoms with van der Waals surface area (Å²) in [6, 6.07) is 9.33. The van der Waals surface area contributed by atoms with E-state index in [4.69, 9.17) is 9.47 Å². The zero-order valence-corrected chi connectivity index (χ0v) is 22.0. The van der Waals surface area contributed by atoms with E-state index in [-0.39, 0.29) is 0 Å². The summed E-state index contributed by atoms with van der Waals surface area (Å²) in [7, 11) is 0. The maximum absolute atomic E-state index is 12.7. The van der Waals surface area contributed by atoms with Crippen molar-refractivity contribution in [2.45, 2.75) is 142 Å². The molecule has 0 aliphatic carbocycles. The van der Waals surface area contributed by atoms with Crippen molar-refractivity contribution in [1.29, 1.82) is 0 Å². The van der Waals surface area contributed by atoms with Gasteiger partial charge < -0.3 is 9.47 Å². The molecule has 0 saturated heterocycles. The molecular formula is C30H50O4. The highest BCUT2D eigenvalue weighted by molar-refractivity contribution is 5.88. The van der Waals surface area contributed by atoms with Crippen molar-refractivity contribution in [2.75, 3.05) is 0 Å². The highest BCUT2D eigenvalue weighted by Crippen LogP contribution is 2.18. The fourth-order valence-corrected chi connectivity index (χ4v) is 4.16. The second kappa shape index (κ2) is 21.7. The van der Waals surface area contributed by atoms with Crippen LogP contribution in [0.5, 0.6) is 5.75 Å². The van der Waals surface area contributed by atoms with Crippen LogP contribution < -0.4 is 4.74 Å². The number of carbonyl (C=O) groups excluding carboxylic acids is 2. The lowest BCUT2D eigenvalue weighted by molar-refractivity contribution is -0.165. The largest absolute Gasteiger partial charge is 0.479 e. The van der Waals surface area contributed by atoms with Crippen LogP contribution in [-0.2, 0) is 14.3 Å². The van der Waals surface area contributed by atoms with Crippen LogP contribution in [0.1, 0.15) is 136 Å². The van der Waals surface area contributed by atoms with E-state index >= 15 is 0 Å². The SMILES string of the molecule is CCCCCCCCCCCC(=O)OC(=O)C(CCCCCCCCCC)Oc1ccccc1. The van der Waals surface area contributed by atoms with Gasteiger partial charge >= 0.3 is 11.9 Å². The lowest BCUT2D eigenvalue weighted by Crippen LogP contribution is -2.31. The molecule has 0 aromatic heterocycles. The fraction of sp³-hybridized carbons (Fsp3) is 0.733. The van der Waals surface area contributed by atoms with Gasteiger partial charge in [-0.15, -0.1) is 0 Å². The normalized spacial score (nSPS) is 11.8. The third kappa shape index (κ3) is 16.7. The molecule has 1 aromatic carbocycles. The number of hydrogen-bond acceptors (Lipinski definition) is 4. The van der Waals surface area contributed by atoms with Gasteiger partial charge in [-0.1, -0.05) is 128 Å². The molecule has 0 bridgehead atoms. The van der Waals surface area contributed by atoms with Gasteiger partial charge in [-0.2, -0.15) is 0 Å². The lowest BCUT2D eigenvalue weighted by atomic mass is 10.1. The molecule has 0 spiro atoms. The molecule has 0 saturated carbocycles. The minimum Gasteiger partial charge on any atom is -0.479 e. The Labute approximate surface area is 209 Å². The number of rotatable bonds is 22. The van der Waals surface area contributed by atoms with E-state index in [1.165, 1.54) is 77.0 Å². The average Bonchev–Trinajstić information content (AvgIpc) is 2.84. The Hall–Kier alpha value is -1.84. The summed E-state index contributed by atoms with van der Waals surface area (Å²) in [6.07, 6.45) is 20.4. The van der Waals surface area contributed by atoms with E-state index in [9.17, 15) is 9.59 Å². The summed E-state index contributed by atoms with van der Waals surface area (Å²) in [5.41, 5.74) is 0. The van der Waals surface area contributed by atoms with Crippen LogP contribution >= 0.6 is 0 Å². The molecule has 0 N–H and O–H groups in total. The molecule has 0 aliphatic heterocycles. The Balaban J connectivity index is 2.30. The van der Waals surface area contributed by atoms with Gasteiger partial charge in [0.1, 0.15) is 5.75 Å². The predicted octanol–water partition coefficient (Wildman–Crippen LogP) is 8.96. The molecule has 4 heteroatoms. The summed E-state index contributed by atoms with van der Waals surface area (Å²) in [5.74, 6) is -0.339.